The molecule has 1 aromatic carbocycles. The van der Waals surface area contributed by atoms with Crippen LogP contribution in [0.25, 0.3) is 0 Å². The van der Waals surface area contributed by atoms with E-state index in [0.717, 1.165) is 13.0 Å². The van der Waals surface area contributed by atoms with Crippen molar-refractivity contribution in [2.45, 2.75) is 71.1 Å². The van der Waals surface area contributed by atoms with Gasteiger partial charge >= 0.3 is 0 Å². The lowest BCUT2D eigenvalue weighted by atomic mass is 9.87. The average Bonchev–Trinajstić information content (AvgIpc) is 2.75. The number of likely N-dealkylation sites (tertiary alicyclic amines) is 1. The molecule has 1 N–H and O–H groups in total. The van der Waals surface area contributed by atoms with E-state index in [9.17, 15) is 5.11 Å². The first-order chi connectivity index (χ1) is 9.36. The van der Waals surface area contributed by atoms with Gasteiger partial charge in [0.25, 0.3) is 0 Å². The van der Waals surface area contributed by atoms with E-state index in [1.807, 2.05) is 6.92 Å². The molecule has 0 spiro atoms. The van der Waals surface area contributed by atoms with Crippen LogP contribution in [0.4, 0.5) is 0 Å². The van der Waals surface area contributed by atoms with Gasteiger partial charge in [-0.15, -0.1) is 0 Å². The van der Waals surface area contributed by atoms with Crippen LogP contribution >= 0.6 is 0 Å². The van der Waals surface area contributed by atoms with Crippen LogP contribution in [0.2, 0.25) is 0 Å². The van der Waals surface area contributed by atoms with E-state index in [1.54, 1.807) is 0 Å². The number of hydrogen-bond donors (Lipinski definition) is 1. The fourth-order valence-electron chi connectivity index (χ4n) is 3.11. The summed E-state index contributed by atoms with van der Waals surface area (Å²) in [6.07, 6.45) is 3.20. The van der Waals surface area contributed by atoms with Gasteiger partial charge in [-0.2, -0.15) is 0 Å². The Morgan fingerprint density at radius 3 is 2.45 bits per heavy atom. The van der Waals surface area contributed by atoms with Gasteiger partial charge in [-0.3, -0.25) is 4.90 Å². The molecule has 2 rings (SSSR count). The highest BCUT2D eigenvalue weighted by molar-refractivity contribution is 5.27. The smallest absolute Gasteiger partial charge is 0.0527 e. The van der Waals surface area contributed by atoms with Crippen molar-refractivity contribution in [3.63, 3.8) is 0 Å². The summed E-state index contributed by atoms with van der Waals surface area (Å²) in [6.45, 7) is 10.8. The summed E-state index contributed by atoms with van der Waals surface area (Å²) in [7, 11) is 0. The van der Waals surface area contributed by atoms with E-state index >= 15 is 0 Å². The fraction of sp³-hybridized carbons (Fsp3) is 0.667. The SMILES string of the molecule is CC(O)CC1CCCN1Cc1ccc(C(C)(C)C)cc1. The summed E-state index contributed by atoms with van der Waals surface area (Å²) in [4.78, 5) is 2.53. The molecular weight excluding hydrogens is 246 g/mol. The first kappa shape index (κ1) is 15.5. The van der Waals surface area contributed by atoms with Crippen molar-refractivity contribution in [1.29, 1.82) is 0 Å². The number of benzene rings is 1. The average molecular weight is 275 g/mol. The second-order valence-corrected chi connectivity index (χ2v) is 7.30. The number of nitrogens with zero attached hydrogens (tertiary/aromatic N) is 1. The zero-order valence-electron chi connectivity index (χ0n) is 13.4. The third-order valence-electron chi connectivity index (χ3n) is 4.32. The Kier molecular flexibility index (Phi) is 4.87. The molecule has 0 amide bonds. The minimum Gasteiger partial charge on any atom is -0.393 e. The van der Waals surface area contributed by atoms with Gasteiger partial charge in [0.15, 0.2) is 0 Å². The standard InChI is InChI=1S/C18H29NO/c1-14(20)12-17-6-5-11-19(17)13-15-7-9-16(10-8-15)18(2,3)4/h7-10,14,17,20H,5-6,11-13H2,1-4H3. The third-order valence-corrected chi connectivity index (χ3v) is 4.32. The molecule has 1 saturated heterocycles. The van der Waals surface area contributed by atoms with Crippen LogP contribution in [-0.2, 0) is 12.0 Å². The molecule has 2 unspecified atom stereocenters. The first-order valence-electron chi connectivity index (χ1n) is 7.88. The lowest BCUT2D eigenvalue weighted by molar-refractivity contribution is 0.131. The third kappa shape index (κ3) is 4.07. The minimum atomic E-state index is -0.191. The Balaban J connectivity index is 1.99. The number of aliphatic hydroxyl groups excluding tert-OH is 1. The molecule has 0 bridgehead atoms. The normalized spacial score (nSPS) is 22.1. The van der Waals surface area contributed by atoms with Gasteiger partial charge in [0.1, 0.15) is 0 Å². The van der Waals surface area contributed by atoms with Crippen molar-refractivity contribution >= 4 is 0 Å². The molecule has 112 valence electrons. The van der Waals surface area contributed by atoms with Crippen LogP contribution in [0.15, 0.2) is 24.3 Å². The Labute approximate surface area is 123 Å². The van der Waals surface area contributed by atoms with Crippen LogP contribution in [0, 0.1) is 0 Å². The van der Waals surface area contributed by atoms with E-state index in [4.69, 9.17) is 0 Å². The molecule has 0 saturated carbocycles. The van der Waals surface area contributed by atoms with Crippen LogP contribution in [-0.4, -0.2) is 28.7 Å². The second kappa shape index (κ2) is 6.28. The molecule has 1 heterocycles. The minimum absolute atomic E-state index is 0.191. The zero-order valence-corrected chi connectivity index (χ0v) is 13.4. The van der Waals surface area contributed by atoms with E-state index in [1.165, 1.54) is 30.5 Å². The van der Waals surface area contributed by atoms with Gasteiger partial charge in [0.05, 0.1) is 6.10 Å². The topological polar surface area (TPSA) is 23.5 Å². The molecule has 1 aliphatic heterocycles. The maximum Gasteiger partial charge on any atom is 0.0527 e. The first-order valence-corrected chi connectivity index (χ1v) is 7.88. The Morgan fingerprint density at radius 2 is 1.90 bits per heavy atom. The lowest BCUT2D eigenvalue weighted by Crippen LogP contribution is -2.31. The van der Waals surface area contributed by atoms with Crippen molar-refractivity contribution < 1.29 is 5.11 Å². The molecule has 2 nitrogen and oxygen atoms in total. The van der Waals surface area contributed by atoms with E-state index in [0.29, 0.717) is 6.04 Å². The van der Waals surface area contributed by atoms with Gasteiger partial charge in [-0.1, -0.05) is 45.0 Å². The van der Waals surface area contributed by atoms with Crippen molar-refractivity contribution in [3.8, 4) is 0 Å². The van der Waals surface area contributed by atoms with Gasteiger partial charge in [0.2, 0.25) is 0 Å². The highest BCUT2D eigenvalue weighted by atomic mass is 16.3. The van der Waals surface area contributed by atoms with Crippen molar-refractivity contribution in [2.24, 2.45) is 0 Å². The Morgan fingerprint density at radius 1 is 1.25 bits per heavy atom. The van der Waals surface area contributed by atoms with Crippen molar-refractivity contribution in [3.05, 3.63) is 35.4 Å². The number of aliphatic hydroxyl groups is 1. The summed E-state index contributed by atoms with van der Waals surface area (Å²) in [5, 5.41) is 9.60. The highest BCUT2D eigenvalue weighted by Gasteiger charge is 2.25. The van der Waals surface area contributed by atoms with Crippen molar-refractivity contribution in [1.82, 2.24) is 4.90 Å². The predicted octanol–water partition coefficient (Wildman–Crippen LogP) is 3.72. The summed E-state index contributed by atoms with van der Waals surface area (Å²) in [5.41, 5.74) is 3.00. The molecule has 1 fully saturated rings. The lowest BCUT2D eigenvalue weighted by Gasteiger charge is -2.26. The quantitative estimate of drug-likeness (QED) is 0.905. The van der Waals surface area contributed by atoms with Gasteiger partial charge in [-0.05, 0) is 49.3 Å². The molecule has 0 aliphatic carbocycles. The van der Waals surface area contributed by atoms with Crippen LogP contribution in [0.5, 0.6) is 0 Å². The molecule has 0 aromatic heterocycles. The molecule has 1 aliphatic rings. The van der Waals surface area contributed by atoms with E-state index in [2.05, 4.69) is 49.9 Å². The van der Waals surface area contributed by atoms with Gasteiger partial charge < -0.3 is 5.11 Å². The Hall–Kier alpha value is -0.860. The summed E-state index contributed by atoms with van der Waals surface area (Å²) in [6, 6.07) is 9.60. The fourth-order valence-corrected chi connectivity index (χ4v) is 3.11. The maximum atomic E-state index is 9.60. The Bertz CT molecular complexity index is 416. The van der Waals surface area contributed by atoms with Gasteiger partial charge in [0, 0.05) is 12.6 Å². The molecule has 20 heavy (non-hydrogen) atoms. The molecule has 0 radical (unpaired) electrons. The summed E-state index contributed by atoms with van der Waals surface area (Å²) >= 11 is 0. The van der Waals surface area contributed by atoms with Crippen LogP contribution in [0.3, 0.4) is 0 Å². The van der Waals surface area contributed by atoms with Crippen molar-refractivity contribution in [2.75, 3.05) is 6.54 Å². The van der Waals surface area contributed by atoms with E-state index < -0.39 is 0 Å². The molecule has 1 aromatic rings. The number of hydrogen-bond acceptors (Lipinski definition) is 2. The van der Waals surface area contributed by atoms with Crippen LogP contribution in [0.1, 0.15) is 58.1 Å². The van der Waals surface area contributed by atoms with E-state index in [-0.39, 0.29) is 11.5 Å². The van der Waals surface area contributed by atoms with Crippen LogP contribution < -0.4 is 0 Å². The maximum absolute atomic E-state index is 9.60. The molecule has 2 heteroatoms. The molecular formula is C18H29NO. The second-order valence-electron chi connectivity index (χ2n) is 7.30. The predicted molar refractivity (Wildman–Crippen MR) is 84.9 cm³/mol. The van der Waals surface area contributed by atoms with Gasteiger partial charge in [-0.25, -0.2) is 0 Å². The monoisotopic (exact) mass is 275 g/mol. The number of rotatable bonds is 4. The molecule has 2 atom stereocenters. The summed E-state index contributed by atoms with van der Waals surface area (Å²) < 4.78 is 0. The zero-order chi connectivity index (χ0) is 14.8. The highest BCUT2D eigenvalue weighted by Crippen LogP contribution is 2.25. The largest absolute Gasteiger partial charge is 0.393 e. The summed E-state index contributed by atoms with van der Waals surface area (Å²) in [5.74, 6) is 0.